The number of hydrogen-bond acceptors (Lipinski definition) is 2. The number of ether oxygens (including phenoxy) is 1. The lowest BCUT2D eigenvalue weighted by Gasteiger charge is -2.06. The van der Waals surface area contributed by atoms with Gasteiger partial charge in [-0.25, -0.2) is 8.78 Å². The van der Waals surface area contributed by atoms with Crippen molar-refractivity contribution >= 4 is 0 Å². The third kappa shape index (κ3) is 1.99. The van der Waals surface area contributed by atoms with Crippen LogP contribution in [0.5, 0.6) is 5.75 Å². The molecule has 0 bridgehead atoms. The largest absolute Gasteiger partial charge is 0.492 e. The molecule has 4 heteroatoms. The fraction of sp³-hybridized carbons (Fsp3) is 0.300. The van der Waals surface area contributed by atoms with Crippen molar-refractivity contribution in [3.8, 4) is 11.8 Å². The van der Waals surface area contributed by atoms with Gasteiger partial charge in [0, 0.05) is 0 Å². The fourth-order valence-corrected chi connectivity index (χ4v) is 0.969. The quantitative estimate of drug-likeness (QED) is 0.746. The lowest BCUT2D eigenvalue weighted by Crippen LogP contribution is -2.00. The summed E-state index contributed by atoms with van der Waals surface area (Å²) in [6, 6.07) is 3.78. The third-order valence-electron chi connectivity index (χ3n) is 1.63. The van der Waals surface area contributed by atoms with E-state index in [0.717, 1.165) is 12.5 Å². The number of benzene rings is 1. The summed E-state index contributed by atoms with van der Waals surface area (Å²) in [6.45, 7) is 2.26. The first-order valence-electron chi connectivity index (χ1n) is 4.21. The molecule has 0 amide bonds. The van der Waals surface area contributed by atoms with Crippen LogP contribution in [0.4, 0.5) is 8.78 Å². The van der Waals surface area contributed by atoms with Crippen LogP contribution in [0.1, 0.15) is 18.9 Å². The molecule has 1 aromatic carbocycles. The van der Waals surface area contributed by atoms with Crippen molar-refractivity contribution in [2.45, 2.75) is 13.3 Å². The van der Waals surface area contributed by atoms with Crippen molar-refractivity contribution in [3.05, 3.63) is 29.3 Å². The molecular weight excluding hydrogens is 188 g/mol. The second kappa shape index (κ2) is 4.56. The van der Waals surface area contributed by atoms with E-state index in [-0.39, 0.29) is 11.3 Å². The first-order chi connectivity index (χ1) is 6.70. The summed E-state index contributed by atoms with van der Waals surface area (Å²) in [4.78, 5) is 0. The molecule has 0 radical (unpaired) electrons. The Morgan fingerprint density at radius 1 is 1.43 bits per heavy atom. The second-order valence-electron chi connectivity index (χ2n) is 2.69. The molecule has 0 N–H and O–H groups in total. The zero-order valence-corrected chi connectivity index (χ0v) is 7.68. The second-order valence-corrected chi connectivity index (χ2v) is 2.69. The van der Waals surface area contributed by atoms with Gasteiger partial charge in [0.05, 0.1) is 6.61 Å². The number of hydrogen-bond donors (Lipinski definition) is 0. The average molecular weight is 197 g/mol. The molecule has 0 saturated carbocycles. The maximum absolute atomic E-state index is 13.0. The van der Waals surface area contributed by atoms with Gasteiger partial charge in [0.2, 0.25) is 0 Å². The van der Waals surface area contributed by atoms with E-state index in [0.29, 0.717) is 6.61 Å². The summed E-state index contributed by atoms with van der Waals surface area (Å²) in [5.41, 5.74) is -0.376. The standard InChI is InChI=1S/C10H9F2NO/c1-2-5-14-9-4-3-8(11)10(12)7(9)6-13/h3-4H,2,5H2,1H3. The molecule has 0 aromatic heterocycles. The third-order valence-corrected chi connectivity index (χ3v) is 1.63. The molecule has 1 rings (SSSR count). The highest BCUT2D eigenvalue weighted by Gasteiger charge is 2.13. The summed E-state index contributed by atoms with van der Waals surface area (Å²) in [5.74, 6) is -2.10. The maximum atomic E-state index is 13.0. The van der Waals surface area contributed by atoms with Crippen LogP contribution in [0.3, 0.4) is 0 Å². The molecule has 0 fully saturated rings. The fourth-order valence-electron chi connectivity index (χ4n) is 0.969. The maximum Gasteiger partial charge on any atom is 0.180 e. The van der Waals surface area contributed by atoms with Gasteiger partial charge < -0.3 is 4.74 Å². The number of halogens is 2. The Labute approximate surface area is 80.7 Å². The predicted octanol–water partition coefficient (Wildman–Crippen LogP) is 2.63. The predicted molar refractivity (Wildman–Crippen MR) is 46.9 cm³/mol. The normalized spacial score (nSPS) is 9.57. The Morgan fingerprint density at radius 2 is 2.14 bits per heavy atom. The number of nitrogens with zero attached hydrogens (tertiary/aromatic N) is 1. The molecule has 74 valence electrons. The smallest absolute Gasteiger partial charge is 0.180 e. The van der Waals surface area contributed by atoms with Gasteiger partial charge in [-0.05, 0) is 18.6 Å². The van der Waals surface area contributed by atoms with Crippen LogP contribution in [0.25, 0.3) is 0 Å². The molecule has 0 spiro atoms. The summed E-state index contributed by atoms with van der Waals surface area (Å²) in [6.07, 6.45) is 0.740. The Hall–Kier alpha value is -1.63. The highest BCUT2D eigenvalue weighted by molar-refractivity contribution is 5.44. The van der Waals surface area contributed by atoms with E-state index in [9.17, 15) is 8.78 Å². The van der Waals surface area contributed by atoms with Gasteiger partial charge in [-0.15, -0.1) is 0 Å². The van der Waals surface area contributed by atoms with Crippen LogP contribution in [0.15, 0.2) is 12.1 Å². The molecule has 0 heterocycles. The van der Waals surface area contributed by atoms with Crippen molar-refractivity contribution in [3.63, 3.8) is 0 Å². The Balaban J connectivity index is 3.06. The molecule has 2 nitrogen and oxygen atoms in total. The van der Waals surface area contributed by atoms with Gasteiger partial charge in [0.1, 0.15) is 17.4 Å². The Bertz CT molecular complexity index is 371. The first-order valence-corrected chi connectivity index (χ1v) is 4.21. The Morgan fingerprint density at radius 3 is 2.71 bits per heavy atom. The van der Waals surface area contributed by atoms with Crippen LogP contribution >= 0.6 is 0 Å². The van der Waals surface area contributed by atoms with Gasteiger partial charge >= 0.3 is 0 Å². The van der Waals surface area contributed by atoms with Gasteiger partial charge in [0.15, 0.2) is 11.6 Å². The minimum Gasteiger partial charge on any atom is -0.492 e. The van der Waals surface area contributed by atoms with Crippen LogP contribution < -0.4 is 4.74 Å². The molecule has 0 aliphatic heterocycles. The summed E-state index contributed by atoms with van der Waals surface area (Å²) in [5, 5.41) is 8.59. The van der Waals surface area contributed by atoms with E-state index in [1.165, 1.54) is 6.07 Å². The highest BCUT2D eigenvalue weighted by atomic mass is 19.2. The van der Waals surface area contributed by atoms with Gasteiger partial charge in [-0.2, -0.15) is 5.26 Å². The average Bonchev–Trinajstić information content (AvgIpc) is 2.20. The molecule has 0 unspecified atom stereocenters. The minimum atomic E-state index is -1.15. The molecule has 0 saturated heterocycles. The Kier molecular flexibility index (Phi) is 3.41. The van der Waals surface area contributed by atoms with Crippen LogP contribution in [-0.4, -0.2) is 6.61 Å². The van der Waals surface area contributed by atoms with Crippen molar-refractivity contribution in [2.75, 3.05) is 6.61 Å². The van der Waals surface area contributed by atoms with Gasteiger partial charge in [-0.1, -0.05) is 6.92 Å². The van der Waals surface area contributed by atoms with E-state index >= 15 is 0 Å². The summed E-state index contributed by atoms with van der Waals surface area (Å²) < 4.78 is 30.8. The van der Waals surface area contributed by atoms with Crippen molar-refractivity contribution < 1.29 is 13.5 Å². The zero-order valence-electron chi connectivity index (χ0n) is 7.68. The lowest BCUT2D eigenvalue weighted by atomic mass is 10.2. The molecule has 0 atom stereocenters. The zero-order chi connectivity index (χ0) is 10.6. The van der Waals surface area contributed by atoms with Gasteiger partial charge in [-0.3, -0.25) is 0 Å². The van der Waals surface area contributed by atoms with Crippen LogP contribution in [0.2, 0.25) is 0 Å². The van der Waals surface area contributed by atoms with Crippen LogP contribution in [0, 0.1) is 23.0 Å². The van der Waals surface area contributed by atoms with E-state index in [2.05, 4.69) is 0 Å². The molecule has 0 aliphatic rings. The summed E-state index contributed by atoms with van der Waals surface area (Å²) >= 11 is 0. The van der Waals surface area contributed by atoms with E-state index in [1.54, 1.807) is 6.07 Å². The van der Waals surface area contributed by atoms with Crippen molar-refractivity contribution in [2.24, 2.45) is 0 Å². The van der Waals surface area contributed by atoms with E-state index in [4.69, 9.17) is 10.00 Å². The van der Waals surface area contributed by atoms with Crippen molar-refractivity contribution in [1.29, 1.82) is 5.26 Å². The monoisotopic (exact) mass is 197 g/mol. The molecular formula is C10H9F2NO. The molecule has 1 aromatic rings. The first kappa shape index (κ1) is 10.5. The van der Waals surface area contributed by atoms with E-state index < -0.39 is 11.6 Å². The minimum absolute atomic E-state index is 0.0910. The number of nitriles is 1. The topological polar surface area (TPSA) is 33.0 Å². The van der Waals surface area contributed by atoms with Gasteiger partial charge in [0.25, 0.3) is 0 Å². The van der Waals surface area contributed by atoms with Crippen molar-refractivity contribution in [1.82, 2.24) is 0 Å². The number of rotatable bonds is 3. The molecule has 0 aliphatic carbocycles. The van der Waals surface area contributed by atoms with E-state index in [1.807, 2.05) is 6.92 Å². The van der Waals surface area contributed by atoms with Crippen LogP contribution in [-0.2, 0) is 0 Å². The SMILES string of the molecule is CCCOc1ccc(F)c(F)c1C#N. The molecule has 14 heavy (non-hydrogen) atoms. The highest BCUT2D eigenvalue weighted by Crippen LogP contribution is 2.22. The summed E-state index contributed by atoms with van der Waals surface area (Å²) in [7, 11) is 0. The lowest BCUT2D eigenvalue weighted by molar-refractivity contribution is 0.313.